The molecule has 0 atom stereocenters. The Morgan fingerprint density at radius 3 is 2.46 bits per heavy atom. The molecule has 1 aromatic heterocycles. The number of benzene rings is 3. The molecule has 0 aliphatic heterocycles. The van der Waals surface area contributed by atoms with Crippen LogP contribution in [0.4, 0.5) is 0 Å². The first-order valence-electron chi connectivity index (χ1n) is 9.01. The summed E-state index contributed by atoms with van der Waals surface area (Å²) < 4.78 is 2.79. The molecule has 3 nitrogen and oxygen atoms in total. The van der Waals surface area contributed by atoms with Crippen LogP contribution in [0.25, 0.3) is 22.9 Å². The first kappa shape index (κ1) is 18.1. The van der Waals surface area contributed by atoms with E-state index >= 15 is 0 Å². The van der Waals surface area contributed by atoms with Crippen molar-refractivity contribution in [2.45, 2.75) is 6.92 Å². The second-order valence-corrected chi connectivity index (χ2v) is 7.81. The van der Waals surface area contributed by atoms with Crippen LogP contribution in [-0.4, -0.2) is 10.4 Å². The fraction of sp³-hybridized carbons (Fsp3) is 0.0833. The van der Waals surface area contributed by atoms with Gasteiger partial charge in [-0.25, -0.2) is 0 Å². The van der Waals surface area contributed by atoms with Crippen molar-refractivity contribution in [2.24, 2.45) is 7.05 Å². The number of aryl methyl sites for hydroxylation is 1. The van der Waals surface area contributed by atoms with Gasteiger partial charge in [0, 0.05) is 18.7 Å². The molecule has 3 aromatic carbocycles. The monoisotopic (exact) mass is 385 g/mol. The lowest BCUT2D eigenvalue weighted by Crippen LogP contribution is -2.29. The smallest absolute Gasteiger partial charge is 0.268 e. The van der Waals surface area contributed by atoms with E-state index in [1.54, 1.807) is 13.1 Å². The Bertz CT molecular complexity index is 1380. The van der Waals surface area contributed by atoms with Crippen molar-refractivity contribution in [1.82, 2.24) is 4.57 Å². The number of carbonyl (C=O) groups is 1. The SMILES string of the molecule is Cc1ccccc1C(=O)/C=c1\s/c(=C\c2ccc3ccccc3c2)c(=O)n1C. The minimum Gasteiger partial charge on any atom is -0.302 e. The number of aromatic nitrogens is 1. The highest BCUT2D eigenvalue weighted by atomic mass is 32.1. The molecular formula is C24H19NO2S. The molecule has 0 spiro atoms. The van der Waals surface area contributed by atoms with Gasteiger partial charge in [0.05, 0.1) is 4.53 Å². The van der Waals surface area contributed by atoms with E-state index in [9.17, 15) is 9.59 Å². The van der Waals surface area contributed by atoms with Crippen molar-refractivity contribution >= 4 is 40.0 Å². The summed E-state index contributed by atoms with van der Waals surface area (Å²) in [4.78, 5) is 25.3. The van der Waals surface area contributed by atoms with E-state index in [2.05, 4.69) is 18.2 Å². The molecule has 0 amide bonds. The van der Waals surface area contributed by atoms with E-state index in [4.69, 9.17) is 0 Å². The maximum absolute atomic E-state index is 12.7. The summed E-state index contributed by atoms with van der Waals surface area (Å²) in [6.07, 6.45) is 3.43. The zero-order chi connectivity index (χ0) is 19.7. The lowest BCUT2D eigenvalue weighted by Gasteiger charge is -1.99. The molecular weight excluding hydrogens is 366 g/mol. The first-order chi connectivity index (χ1) is 13.5. The Hall–Kier alpha value is -3.24. The number of rotatable bonds is 3. The van der Waals surface area contributed by atoms with Gasteiger partial charge in [-0.05, 0) is 41.0 Å². The Morgan fingerprint density at radius 2 is 1.68 bits per heavy atom. The van der Waals surface area contributed by atoms with Gasteiger partial charge in [0.2, 0.25) is 0 Å². The molecule has 0 unspecified atom stereocenters. The average Bonchev–Trinajstić information content (AvgIpc) is 2.96. The highest BCUT2D eigenvalue weighted by molar-refractivity contribution is 7.07. The number of ketones is 1. The van der Waals surface area contributed by atoms with E-state index in [0.717, 1.165) is 21.9 Å². The molecule has 0 fully saturated rings. The third-order valence-electron chi connectivity index (χ3n) is 4.80. The van der Waals surface area contributed by atoms with E-state index < -0.39 is 0 Å². The minimum atomic E-state index is -0.0954. The van der Waals surface area contributed by atoms with E-state index in [1.807, 2.05) is 61.5 Å². The maximum atomic E-state index is 12.7. The minimum absolute atomic E-state index is 0.0906. The zero-order valence-electron chi connectivity index (χ0n) is 15.7. The third kappa shape index (κ3) is 3.47. The van der Waals surface area contributed by atoms with Crippen LogP contribution in [0.1, 0.15) is 21.5 Å². The summed E-state index contributed by atoms with van der Waals surface area (Å²) in [5, 5.41) is 2.29. The van der Waals surface area contributed by atoms with Gasteiger partial charge in [-0.3, -0.25) is 9.59 Å². The van der Waals surface area contributed by atoms with E-state index in [0.29, 0.717) is 14.8 Å². The molecule has 0 saturated heterocycles. The standard InChI is InChI=1S/C24H19NO2S/c1-16-7-3-6-10-20(16)21(26)15-23-25(2)24(27)22(28-23)14-17-11-12-18-8-4-5-9-19(18)13-17/h3-15H,1-2H3/b22-14-,23-15-. The van der Waals surface area contributed by atoms with Crippen molar-refractivity contribution < 1.29 is 4.79 Å². The fourth-order valence-electron chi connectivity index (χ4n) is 3.20. The molecule has 1 heterocycles. The van der Waals surface area contributed by atoms with Crippen LogP contribution in [0, 0.1) is 6.92 Å². The van der Waals surface area contributed by atoms with Gasteiger partial charge in [-0.2, -0.15) is 0 Å². The summed E-state index contributed by atoms with van der Waals surface area (Å²) in [5.41, 5.74) is 2.45. The van der Waals surface area contributed by atoms with Crippen LogP contribution in [0.3, 0.4) is 0 Å². The topological polar surface area (TPSA) is 39.1 Å². The van der Waals surface area contributed by atoms with Gasteiger partial charge in [0.15, 0.2) is 5.78 Å². The van der Waals surface area contributed by atoms with E-state index in [-0.39, 0.29) is 11.3 Å². The van der Waals surface area contributed by atoms with Crippen molar-refractivity contribution in [3.05, 3.63) is 103 Å². The first-order valence-corrected chi connectivity index (χ1v) is 9.82. The summed E-state index contributed by atoms with van der Waals surface area (Å²) in [7, 11) is 1.70. The second kappa shape index (κ2) is 7.41. The number of fused-ring (bicyclic) bond motifs is 1. The Labute approximate surface area is 166 Å². The number of Topliss-reactive ketones (excluding diaryl/α,β-unsaturated/α-hetero) is 1. The van der Waals surface area contributed by atoms with Crippen molar-refractivity contribution in [1.29, 1.82) is 0 Å². The van der Waals surface area contributed by atoms with Crippen molar-refractivity contribution in [3.8, 4) is 0 Å². The molecule has 4 aromatic rings. The molecule has 0 N–H and O–H groups in total. The number of hydrogen-bond donors (Lipinski definition) is 0. The van der Waals surface area contributed by atoms with Gasteiger partial charge >= 0.3 is 0 Å². The fourth-order valence-corrected chi connectivity index (χ4v) is 4.23. The molecule has 0 bridgehead atoms. The lowest BCUT2D eigenvalue weighted by atomic mass is 10.1. The summed E-state index contributed by atoms with van der Waals surface area (Å²) in [6.45, 7) is 1.91. The van der Waals surface area contributed by atoms with Crippen LogP contribution in [-0.2, 0) is 7.05 Å². The molecule has 0 radical (unpaired) electrons. The van der Waals surface area contributed by atoms with Gasteiger partial charge in [0.25, 0.3) is 5.56 Å². The summed E-state index contributed by atoms with van der Waals surface area (Å²) in [5.74, 6) is -0.0906. The predicted molar refractivity (Wildman–Crippen MR) is 116 cm³/mol. The van der Waals surface area contributed by atoms with Gasteiger partial charge in [0.1, 0.15) is 4.66 Å². The van der Waals surface area contributed by atoms with Crippen LogP contribution in [0.2, 0.25) is 0 Å². The molecule has 0 aliphatic rings. The highest BCUT2D eigenvalue weighted by Crippen LogP contribution is 2.15. The lowest BCUT2D eigenvalue weighted by molar-refractivity contribution is 0.106. The van der Waals surface area contributed by atoms with Gasteiger partial charge in [-0.15, -0.1) is 11.3 Å². The highest BCUT2D eigenvalue weighted by Gasteiger charge is 2.07. The molecule has 4 heteroatoms. The Kier molecular flexibility index (Phi) is 4.80. The predicted octanol–water partition coefficient (Wildman–Crippen LogP) is 3.40. The average molecular weight is 385 g/mol. The summed E-state index contributed by atoms with van der Waals surface area (Å²) in [6, 6.07) is 21.7. The Balaban J connectivity index is 1.80. The van der Waals surface area contributed by atoms with Gasteiger partial charge < -0.3 is 4.57 Å². The largest absolute Gasteiger partial charge is 0.302 e. The number of hydrogen-bond acceptors (Lipinski definition) is 3. The van der Waals surface area contributed by atoms with Gasteiger partial charge in [-0.1, -0.05) is 60.7 Å². The molecule has 0 saturated carbocycles. The molecule has 4 rings (SSSR count). The van der Waals surface area contributed by atoms with Crippen LogP contribution in [0.15, 0.2) is 71.5 Å². The van der Waals surface area contributed by atoms with Crippen LogP contribution >= 0.6 is 11.3 Å². The maximum Gasteiger partial charge on any atom is 0.268 e. The Morgan fingerprint density at radius 1 is 0.964 bits per heavy atom. The second-order valence-electron chi connectivity index (χ2n) is 6.74. The molecule has 0 aliphatic carbocycles. The van der Waals surface area contributed by atoms with E-state index in [1.165, 1.54) is 15.9 Å². The van der Waals surface area contributed by atoms with Crippen molar-refractivity contribution in [3.63, 3.8) is 0 Å². The number of nitrogens with zero attached hydrogens (tertiary/aromatic N) is 1. The van der Waals surface area contributed by atoms with Crippen molar-refractivity contribution in [2.75, 3.05) is 0 Å². The zero-order valence-corrected chi connectivity index (χ0v) is 16.5. The quantitative estimate of drug-likeness (QED) is 0.507. The summed E-state index contributed by atoms with van der Waals surface area (Å²) >= 11 is 1.33. The number of thiazole rings is 1. The molecule has 28 heavy (non-hydrogen) atoms. The molecule has 138 valence electrons. The normalized spacial score (nSPS) is 12.6. The van der Waals surface area contributed by atoms with Crippen LogP contribution < -0.4 is 14.8 Å². The number of carbonyl (C=O) groups excluding carboxylic acids is 1. The third-order valence-corrected chi connectivity index (χ3v) is 5.91. The van der Waals surface area contributed by atoms with Crippen LogP contribution in [0.5, 0.6) is 0 Å².